The lowest BCUT2D eigenvalue weighted by Crippen LogP contribution is -2.28. The molecule has 2 nitrogen and oxygen atoms in total. The zero-order chi connectivity index (χ0) is 11.4. The molecule has 1 aromatic rings. The van der Waals surface area contributed by atoms with Gasteiger partial charge in [-0.25, -0.2) is 4.39 Å². The molecule has 1 fully saturated rings. The molecule has 17 heavy (non-hydrogen) atoms. The molecule has 96 valence electrons. The third kappa shape index (κ3) is 3.86. The third-order valence-electron chi connectivity index (χ3n) is 3.23. The maximum absolute atomic E-state index is 13.7. The monoisotopic (exact) mass is 259 g/mol. The molecule has 1 N–H and O–H groups in total. The summed E-state index contributed by atoms with van der Waals surface area (Å²) in [5.74, 6) is 1.06. The van der Waals surface area contributed by atoms with Gasteiger partial charge in [0, 0.05) is 6.07 Å². The number of rotatable bonds is 3. The molecule has 0 spiro atoms. The van der Waals surface area contributed by atoms with Gasteiger partial charge >= 0.3 is 0 Å². The molecule has 1 heterocycles. The average molecular weight is 260 g/mol. The van der Waals surface area contributed by atoms with Crippen LogP contribution in [0.2, 0.25) is 0 Å². The molecule has 2 rings (SSSR count). The maximum atomic E-state index is 13.7. The average Bonchev–Trinajstić information content (AvgIpc) is 2.33. The summed E-state index contributed by atoms with van der Waals surface area (Å²) in [6.45, 7) is 2.12. The molecule has 0 radical (unpaired) electrons. The summed E-state index contributed by atoms with van der Waals surface area (Å²) in [4.78, 5) is 0. The van der Waals surface area contributed by atoms with Crippen molar-refractivity contribution in [3.8, 4) is 5.75 Å². The Balaban J connectivity index is 0.00000144. The number of benzene rings is 1. The molecule has 0 amide bonds. The summed E-state index contributed by atoms with van der Waals surface area (Å²) in [5, 5.41) is 3.32. The summed E-state index contributed by atoms with van der Waals surface area (Å²) in [6, 6.07) is 5.14. The smallest absolute Gasteiger partial charge is 0.130 e. The van der Waals surface area contributed by atoms with Gasteiger partial charge in [0.2, 0.25) is 0 Å². The first-order valence-corrected chi connectivity index (χ1v) is 5.82. The topological polar surface area (TPSA) is 21.3 Å². The minimum Gasteiger partial charge on any atom is -0.497 e. The molecule has 0 aliphatic carbocycles. The van der Waals surface area contributed by atoms with Gasteiger partial charge in [-0.1, -0.05) is 6.07 Å². The Morgan fingerprint density at radius 2 is 2.06 bits per heavy atom. The summed E-state index contributed by atoms with van der Waals surface area (Å²) in [5.41, 5.74) is 0.813. The molecule has 1 aliphatic rings. The van der Waals surface area contributed by atoms with Crippen LogP contribution in [0.3, 0.4) is 0 Å². The minimum atomic E-state index is -0.141. The number of halogens is 2. The van der Waals surface area contributed by atoms with Crippen molar-refractivity contribution in [3.63, 3.8) is 0 Å². The SMILES string of the molecule is COc1ccc(CC2CCNCC2)c(F)c1.Cl. The van der Waals surface area contributed by atoms with E-state index in [0.29, 0.717) is 11.7 Å². The van der Waals surface area contributed by atoms with Crippen molar-refractivity contribution in [2.45, 2.75) is 19.3 Å². The molecule has 1 saturated heterocycles. The standard InChI is InChI=1S/C13H18FNO.ClH/c1-16-12-3-2-11(13(14)9-12)8-10-4-6-15-7-5-10;/h2-3,9-10,15H,4-8H2,1H3;1H. The van der Waals surface area contributed by atoms with Gasteiger partial charge in [-0.15, -0.1) is 12.4 Å². The van der Waals surface area contributed by atoms with Gasteiger partial charge in [-0.3, -0.25) is 0 Å². The number of methoxy groups -OCH3 is 1. The van der Waals surface area contributed by atoms with Crippen molar-refractivity contribution in [3.05, 3.63) is 29.6 Å². The van der Waals surface area contributed by atoms with Crippen molar-refractivity contribution in [1.29, 1.82) is 0 Å². The van der Waals surface area contributed by atoms with E-state index in [1.54, 1.807) is 7.11 Å². The van der Waals surface area contributed by atoms with E-state index in [9.17, 15) is 4.39 Å². The van der Waals surface area contributed by atoms with Gasteiger partial charge in [0.1, 0.15) is 11.6 Å². The van der Waals surface area contributed by atoms with Crippen LogP contribution in [0.15, 0.2) is 18.2 Å². The van der Waals surface area contributed by atoms with Crippen LogP contribution in [0.4, 0.5) is 4.39 Å². The van der Waals surface area contributed by atoms with Gasteiger partial charge in [0.25, 0.3) is 0 Å². The van der Waals surface area contributed by atoms with E-state index >= 15 is 0 Å². The molecule has 4 heteroatoms. The van der Waals surface area contributed by atoms with Crippen LogP contribution in [0.25, 0.3) is 0 Å². The fourth-order valence-electron chi connectivity index (χ4n) is 2.22. The lowest BCUT2D eigenvalue weighted by Gasteiger charge is -2.22. The normalized spacial score (nSPS) is 16.4. The Morgan fingerprint density at radius 1 is 1.35 bits per heavy atom. The van der Waals surface area contributed by atoms with Crippen LogP contribution < -0.4 is 10.1 Å². The van der Waals surface area contributed by atoms with Gasteiger partial charge in [0.15, 0.2) is 0 Å². The Labute approximate surface area is 108 Å². The Bertz CT molecular complexity index is 353. The van der Waals surface area contributed by atoms with Crippen molar-refractivity contribution < 1.29 is 9.13 Å². The fraction of sp³-hybridized carbons (Fsp3) is 0.538. The quantitative estimate of drug-likeness (QED) is 0.901. The number of hydrogen-bond donors (Lipinski definition) is 1. The largest absolute Gasteiger partial charge is 0.497 e. The zero-order valence-electron chi connectivity index (χ0n) is 10.0. The summed E-state index contributed by atoms with van der Waals surface area (Å²) in [7, 11) is 1.56. The third-order valence-corrected chi connectivity index (χ3v) is 3.23. The highest BCUT2D eigenvalue weighted by Crippen LogP contribution is 2.22. The van der Waals surface area contributed by atoms with Crippen LogP contribution >= 0.6 is 12.4 Å². The lowest BCUT2D eigenvalue weighted by molar-refractivity contribution is 0.367. The number of piperidine rings is 1. The highest BCUT2D eigenvalue weighted by atomic mass is 35.5. The predicted molar refractivity (Wildman–Crippen MR) is 69.5 cm³/mol. The Morgan fingerprint density at radius 3 is 2.65 bits per heavy atom. The van der Waals surface area contributed by atoms with E-state index in [-0.39, 0.29) is 18.2 Å². The molecular formula is C13H19ClFNO. The summed E-state index contributed by atoms with van der Waals surface area (Å²) >= 11 is 0. The van der Waals surface area contributed by atoms with Crippen LogP contribution in [-0.4, -0.2) is 20.2 Å². The zero-order valence-corrected chi connectivity index (χ0v) is 10.9. The number of ether oxygens (including phenoxy) is 1. The second-order valence-corrected chi connectivity index (χ2v) is 4.35. The van der Waals surface area contributed by atoms with E-state index < -0.39 is 0 Å². The second-order valence-electron chi connectivity index (χ2n) is 4.35. The van der Waals surface area contributed by atoms with Gasteiger partial charge in [-0.2, -0.15) is 0 Å². The molecule has 0 saturated carbocycles. The maximum Gasteiger partial charge on any atom is 0.130 e. The minimum absolute atomic E-state index is 0. The molecule has 1 aliphatic heterocycles. The Hall–Kier alpha value is -0.800. The van der Waals surface area contributed by atoms with E-state index in [4.69, 9.17) is 4.74 Å². The van der Waals surface area contributed by atoms with Crippen LogP contribution in [0.1, 0.15) is 18.4 Å². The van der Waals surface area contributed by atoms with Crippen molar-refractivity contribution in [2.24, 2.45) is 5.92 Å². The van der Waals surface area contributed by atoms with Gasteiger partial charge in [0.05, 0.1) is 7.11 Å². The molecule has 0 atom stereocenters. The van der Waals surface area contributed by atoms with Crippen LogP contribution in [0.5, 0.6) is 5.75 Å². The lowest BCUT2D eigenvalue weighted by atomic mass is 9.91. The van der Waals surface area contributed by atoms with E-state index in [2.05, 4.69) is 5.32 Å². The first-order valence-electron chi connectivity index (χ1n) is 5.82. The van der Waals surface area contributed by atoms with Crippen molar-refractivity contribution in [2.75, 3.05) is 20.2 Å². The van der Waals surface area contributed by atoms with Crippen molar-refractivity contribution >= 4 is 12.4 Å². The predicted octanol–water partition coefficient (Wildman–Crippen LogP) is 2.80. The first-order chi connectivity index (χ1) is 7.79. The van der Waals surface area contributed by atoms with Crippen LogP contribution in [0, 0.1) is 11.7 Å². The molecular weight excluding hydrogens is 241 g/mol. The summed E-state index contributed by atoms with van der Waals surface area (Å²) < 4.78 is 18.7. The van der Waals surface area contributed by atoms with E-state index in [1.807, 2.05) is 12.1 Å². The molecule has 1 aromatic carbocycles. The molecule has 0 bridgehead atoms. The van der Waals surface area contributed by atoms with E-state index in [1.165, 1.54) is 6.07 Å². The number of nitrogens with one attached hydrogen (secondary N) is 1. The van der Waals surface area contributed by atoms with Crippen molar-refractivity contribution in [1.82, 2.24) is 5.32 Å². The number of hydrogen-bond acceptors (Lipinski definition) is 2. The second kappa shape index (κ2) is 6.82. The highest BCUT2D eigenvalue weighted by Gasteiger charge is 2.15. The van der Waals surface area contributed by atoms with Gasteiger partial charge < -0.3 is 10.1 Å². The van der Waals surface area contributed by atoms with E-state index in [0.717, 1.165) is 37.9 Å². The fourth-order valence-corrected chi connectivity index (χ4v) is 2.22. The molecule has 0 aromatic heterocycles. The molecule has 0 unspecified atom stereocenters. The summed E-state index contributed by atoms with van der Waals surface area (Å²) in [6.07, 6.45) is 3.13. The first kappa shape index (κ1) is 14.3. The van der Waals surface area contributed by atoms with Gasteiger partial charge in [-0.05, 0) is 49.9 Å². The Kier molecular flexibility index (Phi) is 5.72. The highest BCUT2D eigenvalue weighted by molar-refractivity contribution is 5.85. The van der Waals surface area contributed by atoms with Crippen LogP contribution in [-0.2, 0) is 6.42 Å².